The van der Waals surface area contributed by atoms with Crippen LogP contribution in [0.5, 0.6) is 0 Å². The minimum absolute atomic E-state index is 0. The van der Waals surface area contributed by atoms with Crippen LogP contribution in [0.4, 0.5) is 0 Å². The Hall–Kier alpha value is -1.11. The van der Waals surface area contributed by atoms with Gasteiger partial charge in [-0.25, -0.2) is 4.71 Å². The van der Waals surface area contributed by atoms with Crippen LogP contribution < -0.4 is 21.2 Å². The van der Waals surface area contributed by atoms with Crippen molar-refractivity contribution in [1.29, 1.82) is 0 Å². The topological polar surface area (TPSA) is 3.24 Å². The fraction of sp³-hybridized carbons (Fsp3) is 0.273. The average molecular weight is 636 g/mol. The van der Waals surface area contributed by atoms with E-state index >= 15 is 0 Å². The first-order chi connectivity index (χ1) is 18.6. The van der Waals surface area contributed by atoms with Crippen LogP contribution in [0.3, 0.4) is 0 Å². The van der Waals surface area contributed by atoms with Crippen LogP contribution in [-0.2, 0) is 41.7 Å². The number of hydrogen-bond acceptors (Lipinski definition) is 3. The third-order valence-electron chi connectivity index (χ3n) is 6.43. The molecule has 4 aromatic rings. The molecule has 4 rings (SSSR count). The summed E-state index contributed by atoms with van der Waals surface area (Å²) >= 11 is 9.94. The number of hydrogen-bond donors (Lipinski definition) is 0. The van der Waals surface area contributed by atoms with Crippen LogP contribution >= 0.6 is 15.8 Å². The number of benzene rings is 4. The monoisotopic (exact) mass is 635 g/mol. The molecule has 0 aliphatic carbocycles. The second-order valence-electron chi connectivity index (χ2n) is 9.26. The summed E-state index contributed by atoms with van der Waals surface area (Å²) in [4.78, 5) is 2.16. The molecule has 0 aromatic heterocycles. The van der Waals surface area contributed by atoms with E-state index in [9.17, 15) is 0 Å². The van der Waals surface area contributed by atoms with E-state index in [0.717, 1.165) is 25.9 Å². The molecule has 1 radical (unpaired) electrons. The average Bonchev–Trinajstić information content (AvgIpc) is 2.97. The van der Waals surface area contributed by atoms with Gasteiger partial charge in [-0.1, -0.05) is 86.6 Å². The van der Waals surface area contributed by atoms with Crippen molar-refractivity contribution in [3.63, 3.8) is 0 Å². The summed E-state index contributed by atoms with van der Waals surface area (Å²) in [6.45, 7) is 6.39. The Morgan fingerprint density at radius 2 is 0.769 bits per heavy atom. The van der Waals surface area contributed by atoms with E-state index in [-0.39, 0.29) is 21.2 Å². The molecule has 1 nitrogen and oxygen atoms in total. The molecule has 0 amide bonds. The fourth-order valence-corrected chi connectivity index (χ4v) is 11.2. The molecule has 0 atom stereocenters. The molecule has 6 heteroatoms. The van der Waals surface area contributed by atoms with Gasteiger partial charge in [0.25, 0.3) is 0 Å². The summed E-state index contributed by atoms with van der Waals surface area (Å²) in [6, 6.07) is 44.5. The Labute approximate surface area is 260 Å². The summed E-state index contributed by atoms with van der Waals surface area (Å²) in [7, 11) is -1.57. The molecule has 0 saturated heterocycles. The molecule has 0 spiro atoms. The van der Waals surface area contributed by atoms with E-state index in [4.69, 9.17) is 25.3 Å². The Bertz CT molecular complexity index is 967. The van der Waals surface area contributed by atoms with Crippen LogP contribution in [0.15, 0.2) is 121 Å². The van der Waals surface area contributed by atoms with E-state index < -0.39 is 15.8 Å². The summed E-state index contributed by atoms with van der Waals surface area (Å²) in [5, 5.41) is 6.06. The zero-order chi connectivity index (χ0) is 27.0. The zero-order valence-corrected chi connectivity index (χ0v) is 27.6. The predicted octanol–water partition coefficient (Wildman–Crippen LogP) is 6.20. The summed E-state index contributed by atoms with van der Waals surface area (Å²) < 4.78 is -0.111. The Kier molecular flexibility index (Phi) is 17.4. The SMILES string of the molecule is CCCN(CCC)C([S-])[S-].[Ni+3].c1ccc([PH+](CC[PH+](c2ccccc2)c2ccccc2)c2ccccc2)cc1. The second-order valence-corrected chi connectivity index (χ2v) is 15.7. The standard InChI is InChI=1S/C26H24P2.C7H17NS2.Ni/c1-5-13-23(14-6-1)27(24-15-7-2-8-16-24)21-22-28(25-17-9-3-10-18-25)26-19-11-4-12-20-26;1-3-5-8(6-4-2)7(9)10;/h1-20H,21-22H2;7,9-10H,3-6H2,1-2H3;/q;;+3. The molecule has 4 aromatic carbocycles. The van der Waals surface area contributed by atoms with Gasteiger partial charge in [0.2, 0.25) is 0 Å². The van der Waals surface area contributed by atoms with Gasteiger partial charge in [0.05, 0.1) is 37.1 Å². The van der Waals surface area contributed by atoms with Gasteiger partial charge in [0.15, 0.2) is 0 Å². The molecule has 0 unspecified atom stereocenters. The molecule has 0 heterocycles. The van der Waals surface area contributed by atoms with Gasteiger partial charge >= 0.3 is 16.5 Å². The summed E-state index contributed by atoms with van der Waals surface area (Å²) in [6.07, 6.45) is 4.81. The molecule has 0 aliphatic rings. The van der Waals surface area contributed by atoms with Crippen LogP contribution in [0, 0.1) is 0 Å². The molecule has 0 fully saturated rings. The van der Waals surface area contributed by atoms with Gasteiger partial charge < -0.3 is 30.2 Å². The van der Waals surface area contributed by atoms with Gasteiger partial charge in [-0.3, -0.25) is 0 Å². The molecule has 0 aliphatic heterocycles. The number of nitrogens with zero attached hydrogens (tertiary/aromatic N) is 1. The maximum atomic E-state index is 4.97. The molecule has 0 bridgehead atoms. The summed E-state index contributed by atoms with van der Waals surface area (Å²) in [5.41, 5.74) is 0. The first-order valence-electron chi connectivity index (χ1n) is 13.6. The van der Waals surface area contributed by atoms with Crippen molar-refractivity contribution >= 4 is 62.3 Å². The predicted molar refractivity (Wildman–Crippen MR) is 181 cm³/mol. The molecule has 39 heavy (non-hydrogen) atoms. The summed E-state index contributed by atoms with van der Waals surface area (Å²) in [5.74, 6) is 0. The van der Waals surface area contributed by atoms with Gasteiger partial charge in [-0.05, 0) is 74.5 Å². The van der Waals surface area contributed by atoms with Crippen molar-refractivity contribution < 1.29 is 16.5 Å². The third kappa shape index (κ3) is 11.7. The molecular formula is C33H41NNiP2S2+3. The van der Waals surface area contributed by atoms with Gasteiger partial charge in [-0.2, -0.15) is 0 Å². The van der Waals surface area contributed by atoms with Crippen LogP contribution in [0.2, 0.25) is 0 Å². The van der Waals surface area contributed by atoms with E-state index in [2.05, 4.69) is 140 Å². The van der Waals surface area contributed by atoms with Crippen LogP contribution in [-0.4, -0.2) is 35.0 Å². The van der Waals surface area contributed by atoms with Crippen molar-refractivity contribution in [1.82, 2.24) is 4.90 Å². The third-order valence-corrected chi connectivity index (χ3v) is 13.2. The minimum Gasteiger partial charge on any atom is -0.800 e. The quantitative estimate of drug-likeness (QED) is 0.104. The van der Waals surface area contributed by atoms with Crippen molar-refractivity contribution in [2.24, 2.45) is 0 Å². The van der Waals surface area contributed by atoms with Crippen molar-refractivity contribution in [2.75, 3.05) is 25.4 Å². The van der Waals surface area contributed by atoms with Gasteiger partial charge in [-0.15, -0.1) is 0 Å². The fourth-order valence-electron chi connectivity index (χ4n) is 4.62. The van der Waals surface area contributed by atoms with Crippen molar-refractivity contribution in [2.45, 2.75) is 31.4 Å². The van der Waals surface area contributed by atoms with E-state index in [0.29, 0.717) is 0 Å². The molecule has 0 N–H and O–H groups in total. The normalized spacial score (nSPS) is 10.9. The zero-order valence-electron chi connectivity index (χ0n) is 22.9. The Morgan fingerprint density at radius 1 is 0.513 bits per heavy atom. The largest absolute Gasteiger partial charge is 3.00 e. The molecule has 0 saturated carbocycles. The van der Waals surface area contributed by atoms with Crippen LogP contribution in [0.25, 0.3) is 0 Å². The second kappa shape index (κ2) is 19.9. The van der Waals surface area contributed by atoms with Gasteiger partial charge in [0, 0.05) is 0 Å². The first-order valence-corrected chi connectivity index (χ1v) is 18.0. The number of rotatable bonds is 12. The van der Waals surface area contributed by atoms with Crippen molar-refractivity contribution in [3.05, 3.63) is 121 Å². The van der Waals surface area contributed by atoms with E-state index in [1.807, 2.05) is 0 Å². The van der Waals surface area contributed by atoms with E-state index in [1.54, 1.807) is 0 Å². The van der Waals surface area contributed by atoms with Gasteiger partial charge in [0.1, 0.15) is 12.3 Å². The van der Waals surface area contributed by atoms with Crippen molar-refractivity contribution in [3.8, 4) is 0 Å². The maximum Gasteiger partial charge on any atom is 3.00 e. The Balaban J connectivity index is 0.000000417. The minimum atomic E-state index is -0.783. The maximum absolute atomic E-state index is 4.97. The smallest absolute Gasteiger partial charge is 0.800 e. The Morgan fingerprint density at radius 3 is 0.974 bits per heavy atom. The van der Waals surface area contributed by atoms with Crippen LogP contribution in [0.1, 0.15) is 26.7 Å². The van der Waals surface area contributed by atoms with E-state index in [1.165, 1.54) is 33.5 Å². The molecular weight excluding hydrogens is 595 g/mol. The first kappa shape index (κ1) is 34.1. The molecule has 207 valence electrons.